The van der Waals surface area contributed by atoms with Crippen molar-refractivity contribution in [1.29, 1.82) is 5.26 Å². The highest BCUT2D eigenvalue weighted by atomic mass is 16.2. The fourth-order valence-electron chi connectivity index (χ4n) is 4.71. The zero-order chi connectivity index (χ0) is 22.5. The third-order valence-electron chi connectivity index (χ3n) is 6.48. The Morgan fingerprint density at radius 2 is 1.69 bits per heavy atom. The monoisotopic (exact) mass is 429 g/mol. The van der Waals surface area contributed by atoms with Gasteiger partial charge in [0.15, 0.2) is 0 Å². The molecule has 32 heavy (non-hydrogen) atoms. The van der Waals surface area contributed by atoms with Crippen LogP contribution in [-0.4, -0.2) is 35.2 Å². The Balaban J connectivity index is 1.57. The molecular formula is C26H27N3O3. The van der Waals surface area contributed by atoms with Crippen LogP contribution in [0.3, 0.4) is 0 Å². The van der Waals surface area contributed by atoms with Crippen LogP contribution in [0.25, 0.3) is 0 Å². The molecule has 1 atom stereocenters. The largest absolute Gasteiger partial charge is 0.330 e. The first-order chi connectivity index (χ1) is 15.6. The number of benzene rings is 2. The van der Waals surface area contributed by atoms with Crippen molar-refractivity contribution in [3.8, 4) is 6.07 Å². The van der Waals surface area contributed by atoms with Gasteiger partial charge in [0, 0.05) is 12.5 Å². The summed E-state index contributed by atoms with van der Waals surface area (Å²) in [4.78, 5) is 42.5. The van der Waals surface area contributed by atoms with Gasteiger partial charge in [0.1, 0.15) is 6.04 Å². The molecule has 0 aromatic heterocycles. The van der Waals surface area contributed by atoms with Crippen LogP contribution >= 0.6 is 0 Å². The van der Waals surface area contributed by atoms with Crippen molar-refractivity contribution < 1.29 is 14.4 Å². The summed E-state index contributed by atoms with van der Waals surface area (Å²) in [5.41, 5.74) is 1.99. The minimum atomic E-state index is -0.781. The Hall–Kier alpha value is -3.46. The maximum Gasteiger partial charge on any atom is 0.257 e. The molecule has 6 nitrogen and oxygen atoms in total. The van der Waals surface area contributed by atoms with Crippen LogP contribution in [0.15, 0.2) is 54.6 Å². The number of nitriles is 1. The highest BCUT2D eigenvalue weighted by Crippen LogP contribution is 2.30. The van der Waals surface area contributed by atoms with Crippen molar-refractivity contribution in [3.63, 3.8) is 0 Å². The smallest absolute Gasteiger partial charge is 0.257 e. The predicted octanol–water partition coefficient (Wildman–Crippen LogP) is 3.84. The van der Waals surface area contributed by atoms with Crippen LogP contribution in [-0.2, 0) is 20.8 Å². The second-order valence-electron chi connectivity index (χ2n) is 8.55. The van der Waals surface area contributed by atoms with Crippen LogP contribution in [0, 0.1) is 17.2 Å². The lowest BCUT2D eigenvalue weighted by molar-refractivity contribution is -0.142. The molecule has 2 aromatic carbocycles. The minimum absolute atomic E-state index is 0.00606. The molecular weight excluding hydrogens is 402 g/mol. The van der Waals surface area contributed by atoms with Crippen LogP contribution in [0.4, 0.5) is 5.69 Å². The van der Waals surface area contributed by atoms with Gasteiger partial charge >= 0.3 is 0 Å². The van der Waals surface area contributed by atoms with Crippen LogP contribution < -0.4 is 4.90 Å². The molecule has 4 rings (SSSR count). The molecule has 0 bridgehead atoms. The van der Waals surface area contributed by atoms with E-state index in [1.54, 1.807) is 29.2 Å². The van der Waals surface area contributed by atoms with Crippen LogP contribution in [0.5, 0.6) is 0 Å². The van der Waals surface area contributed by atoms with Gasteiger partial charge in [-0.1, -0.05) is 49.6 Å². The second kappa shape index (κ2) is 9.78. The molecule has 2 aliphatic rings. The average molecular weight is 430 g/mol. The number of hydrogen-bond acceptors (Lipinski definition) is 4. The van der Waals surface area contributed by atoms with E-state index in [2.05, 4.69) is 0 Å². The van der Waals surface area contributed by atoms with Gasteiger partial charge < -0.3 is 4.90 Å². The number of carbonyl (C=O) groups excluding carboxylic acids is 3. The predicted molar refractivity (Wildman–Crippen MR) is 120 cm³/mol. The molecule has 0 N–H and O–H groups in total. The van der Waals surface area contributed by atoms with E-state index in [0.717, 1.165) is 42.6 Å². The Labute approximate surface area is 188 Å². The molecule has 1 saturated heterocycles. The number of hydrogen-bond donors (Lipinski definition) is 0. The van der Waals surface area contributed by atoms with Gasteiger partial charge in [-0.2, -0.15) is 5.26 Å². The zero-order valence-corrected chi connectivity index (χ0v) is 18.1. The Kier molecular flexibility index (Phi) is 6.65. The number of amides is 3. The summed E-state index contributed by atoms with van der Waals surface area (Å²) in [6.45, 7) is 0.407. The summed E-state index contributed by atoms with van der Waals surface area (Å²) in [6.07, 6.45) is 5.50. The van der Waals surface area contributed by atoms with Crippen molar-refractivity contribution in [3.05, 3.63) is 65.7 Å². The number of nitrogens with zero attached hydrogens (tertiary/aromatic N) is 3. The van der Waals surface area contributed by atoms with Crippen molar-refractivity contribution in [1.82, 2.24) is 4.90 Å². The number of carbonyl (C=O) groups is 3. The molecule has 6 heteroatoms. The topological polar surface area (TPSA) is 81.5 Å². The molecule has 1 aliphatic carbocycles. The molecule has 2 aromatic rings. The molecule has 1 unspecified atom stereocenters. The highest BCUT2D eigenvalue weighted by molar-refractivity contribution is 6.23. The van der Waals surface area contributed by atoms with Gasteiger partial charge in [-0.15, -0.1) is 0 Å². The van der Waals surface area contributed by atoms with E-state index in [-0.39, 0.29) is 30.1 Å². The summed E-state index contributed by atoms with van der Waals surface area (Å²) in [5, 5.41) is 9.01. The summed E-state index contributed by atoms with van der Waals surface area (Å²) in [6, 6.07) is 17.5. The maximum absolute atomic E-state index is 13.5. The van der Waals surface area contributed by atoms with Gasteiger partial charge in [0.25, 0.3) is 5.91 Å². The van der Waals surface area contributed by atoms with Gasteiger partial charge in [-0.3, -0.25) is 14.4 Å². The molecule has 2 fully saturated rings. The fourth-order valence-corrected chi connectivity index (χ4v) is 4.71. The lowest BCUT2D eigenvalue weighted by Crippen LogP contribution is -2.48. The Morgan fingerprint density at radius 1 is 1.00 bits per heavy atom. The van der Waals surface area contributed by atoms with E-state index < -0.39 is 6.04 Å². The third-order valence-corrected chi connectivity index (χ3v) is 6.48. The first-order valence-corrected chi connectivity index (χ1v) is 11.3. The SMILES string of the molecule is N#Cc1ccc(N2C(=O)CC(N(CCc3ccccc3)C(=O)C3CCCCC3)C2=O)cc1. The molecule has 1 heterocycles. The molecule has 3 amide bonds. The third kappa shape index (κ3) is 4.57. The van der Waals surface area contributed by atoms with Crippen molar-refractivity contribution in [2.45, 2.75) is 51.0 Å². The second-order valence-corrected chi connectivity index (χ2v) is 8.55. The normalized spacial score (nSPS) is 19.1. The standard InChI is InChI=1S/C26H27N3O3/c27-18-20-11-13-22(14-12-20)29-24(30)17-23(26(29)32)28(16-15-19-7-3-1-4-8-19)25(31)21-9-5-2-6-10-21/h1,3-4,7-8,11-14,21,23H,2,5-6,9-10,15-17H2. The number of anilines is 1. The van der Waals surface area contributed by atoms with Crippen LogP contribution in [0.1, 0.15) is 49.7 Å². The van der Waals surface area contributed by atoms with Crippen molar-refractivity contribution in [2.75, 3.05) is 11.4 Å². The van der Waals surface area contributed by atoms with E-state index in [1.807, 2.05) is 36.4 Å². The molecule has 0 radical (unpaired) electrons. The lowest BCUT2D eigenvalue weighted by atomic mass is 9.87. The van der Waals surface area contributed by atoms with Crippen molar-refractivity contribution >= 4 is 23.4 Å². The van der Waals surface area contributed by atoms with Crippen molar-refractivity contribution in [2.24, 2.45) is 5.92 Å². The van der Waals surface area contributed by atoms with E-state index >= 15 is 0 Å². The minimum Gasteiger partial charge on any atom is -0.330 e. The molecule has 1 aliphatic heterocycles. The summed E-state index contributed by atoms with van der Waals surface area (Å²) in [7, 11) is 0. The average Bonchev–Trinajstić information content (AvgIpc) is 3.14. The van der Waals surface area contributed by atoms with E-state index in [1.165, 1.54) is 0 Å². The maximum atomic E-state index is 13.5. The van der Waals surface area contributed by atoms with E-state index in [4.69, 9.17) is 5.26 Å². The highest BCUT2D eigenvalue weighted by Gasteiger charge is 2.45. The first kappa shape index (κ1) is 21.8. The van der Waals surface area contributed by atoms with Gasteiger partial charge in [0.05, 0.1) is 23.7 Å². The Bertz CT molecular complexity index is 1020. The number of imide groups is 1. The molecule has 0 spiro atoms. The van der Waals surface area contributed by atoms with Gasteiger partial charge in [-0.05, 0) is 49.1 Å². The molecule has 164 valence electrons. The van der Waals surface area contributed by atoms with E-state index in [0.29, 0.717) is 24.2 Å². The van der Waals surface area contributed by atoms with Crippen LogP contribution in [0.2, 0.25) is 0 Å². The quantitative estimate of drug-likeness (QED) is 0.654. The van der Waals surface area contributed by atoms with Gasteiger partial charge in [-0.25, -0.2) is 4.90 Å². The Morgan fingerprint density at radius 3 is 2.34 bits per heavy atom. The zero-order valence-electron chi connectivity index (χ0n) is 18.1. The summed E-state index contributed by atoms with van der Waals surface area (Å²) < 4.78 is 0. The first-order valence-electron chi connectivity index (χ1n) is 11.3. The summed E-state index contributed by atoms with van der Waals surface area (Å²) in [5.74, 6) is -0.761. The van der Waals surface area contributed by atoms with E-state index in [9.17, 15) is 14.4 Å². The van der Waals surface area contributed by atoms with Gasteiger partial charge in [0.2, 0.25) is 11.8 Å². The molecule has 1 saturated carbocycles. The summed E-state index contributed by atoms with van der Waals surface area (Å²) >= 11 is 0. The lowest BCUT2D eigenvalue weighted by Gasteiger charge is -2.32. The number of rotatable bonds is 6. The fraction of sp³-hybridized carbons (Fsp3) is 0.385.